The van der Waals surface area contributed by atoms with Crippen LogP contribution in [0.1, 0.15) is 48.0 Å². The molecule has 1 atom stereocenters. The van der Waals surface area contributed by atoms with Gasteiger partial charge < -0.3 is 4.90 Å². The number of amides is 1. The summed E-state index contributed by atoms with van der Waals surface area (Å²) in [6, 6.07) is 0. The third kappa shape index (κ3) is 5.19. The highest BCUT2D eigenvalue weighted by Crippen LogP contribution is 2.36. The Morgan fingerprint density at radius 1 is 1.07 bits per heavy atom. The molecule has 0 rings (SSSR count). The number of hydrogen-bond acceptors (Lipinski definition) is 1. The molecule has 15 heavy (non-hydrogen) atoms. The van der Waals surface area contributed by atoms with Crippen molar-refractivity contribution >= 4 is 5.91 Å². The van der Waals surface area contributed by atoms with E-state index in [1.807, 2.05) is 14.1 Å². The van der Waals surface area contributed by atoms with Crippen molar-refractivity contribution in [3.05, 3.63) is 0 Å². The molecular formula is C13H27NO. The number of nitrogens with zero attached hydrogens (tertiary/aromatic N) is 1. The van der Waals surface area contributed by atoms with Crippen molar-refractivity contribution in [2.45, 2.75) is 48.0 Å². The lowest BCUT2D eigenvalue weighted by molar-refractivity contribution is -0.137. The summed E-state index contributed by atoms with van der Waals surface area (Å²) in [4.78, 5) is 13.8. The average molecular weight is 213 g/mol. The fourth-order valence-corrected chi connectivity index (χ4v) is 1.69. The van der Waals surface area contributed by atoms with Gasteiger partial charge in [-0.15, -0.1) is 0 Å². The lowest BCUT2D eigenvalue weighted by Crippen LogP contribution is -2.39. The van der Waals surface area contributed by atoms with Gasteiger partial charge in [0.15, 0.2) is 0 Å². The quantitative estimate of drug-likeness (QED) is 0.690. The summed E-state index contributed by atoms with van der Waals surface area (Å²) >= 11 is 0. The maximum absolute atomic E-state index is 12.1. The van der Waals surface area contributed by atoms with Crippen molar-refractivity contribution in [1.82, 2.24) is 4.90 Å². The summed E-state index contributed by atoms with van der Waals surface area (Å²) in [6.07, 6.45) is 0.938. The first-order valence-electron chi connectivity index (χ1n) is 5.66. The number of carbonyl (C=O) groups is 1. The van der Waals surface area contributed by atoms with Crippen LogP contribution in [0.25, 0.3) is 0 Å². The first-order valence-corrected chi connectivity index (χ1v) is 5.66. The number of carbonyl (C=O) groups excluding carboxylic acids is 1. The van der Waals surface area contributed by atoms with Gasteiger partial charge in [-0.05, 0) is 17.3 Å². The molecule has 90 valence electrons. The molecule has 2 nitrogen and oxygen atoms in total. The fraction of sp³-hybridized carbons (Fsp3) is 0.923. The maximum Gasteiger partial charge on any atom is 0.225 e. The Morgan fingerprint density at radius 2 is 1.47 bits per heavy atom. The highest BCUT2D eigenvalue weighted by Gasteiger charge is 2.35. The molecule has 0 bridgehead atoms. The molecule has 1 unspecified atom stereocenters. The topological polar surface area (TPSA) is 20.3 Å². The Morgan fingerprint density at radius 3 is 1.67 bits per heavy atom. The van der Waals surface area contributed by atoms with E-state index in [0.29, 0.717) is 0 Å². The molecule has 0 aliphatic carbocycles. The molecule has 0 heterocycles. The van der Waals surface area contributed by atoms with Gasteiger partial charge in [-0.25, -0.2) is 0 Å². The Balaban J connectivity index is 4.84. The van der Waals surface area contributed by atoms with Crippen LogP contribution < -0.4 is 0 Å². The van der Waals surface area contributed by atoms with E-state index in [0.717, 1.165) is 6.42 Å². The van der Waals surface area contributed by atoms with Crippen LogP contribution in [0.4, 0.5) is 0 Å². The molecule has 0 aliphatic heterocycles. The minimum atomic E-state index is 0.0363. The van der Waals surface area contributed by atoms with Crippen LogP contribution in [0, 0.1) is 16.7 Å². The molecular weight excluding hydrogens is 186 g/mol. The van der Waals surface area contributed by atoms with E-state index < -0.39 is 0 Å². The van der Waals surface area contributed by atoms with Crippen LogP contribution in [0.5, 0.6) is 0 Å². The van der Waals surface area contributed by atoms with Gasteiger partial charge in [0.25, 0.3) is 0 Å². The summed E-state index contributed by atoms with van der Waals surface area (Å²) in [5.41, 5.74) is 0.234. The highest BCUT2D eigenvalue weighted by molar-refractivity contribution is 5.79. The van der Waals surface area contributed by atoms with E-state index in [9.17, 15) is 4.79 Å². The molecule has 1 amide bonds. The Hall–Kier alpha value is -0.530. The molecule has 0 aromatic carbocycles. The van der Waals surface area contributed by atoms with Crippen molar-refractivity contribution in [3.63, 3.8) is 0 Å². The van der Waals surface area contributed by atoms with E-state index in [1.165, 1.54) is 0 Å². The number of rotatable bonds is 2. The lowest BCUT2D eigenvalue weighted by Gasteiger charge is -2.36. The molecule has 0 aromatic heterocycles. The lowest BCUT2D eigenvalue weighted by atomic mass is 9.71. The minimum Gasteiger partial charge on any atom is -0.349 e. The third-order valence-corrected chi connectivity index (χ3v) is 2.60. The second kappa shape index (κ2) is 4.54. The van der Waals surface area contributed by atoms with Crippen molar-refractivity contribution < 1.29 is 4.79 Å². The third-order valence-electron chi connectivity index (χ3n) is 2.60. The van der Waals surface area contributed by atoms with E-state index in [2.05, 4.69) is 41.5 Å². The SMILES string of the molecule is CN(C)C(=O)C(CC(C)(C)C)C(C)(C)C. The predicted octanol–water partition coefficient (Wildman–Crippen LogP) is 3.17. The van der Waals surface area contributed by atoms with E-state index in [4.69, 9.17) is 0 Å². The van der Waals surface area contributed by atoms with Crippen molar-refractivity contribution in [2.24, 2.45) is 16.7 Å². The van der Waals surface area contributed by atoms with Gasteiger partial charge in [-0.1, -0.05) is 41.5 Å². The van der Waals surface area contributed by atoms with Crippen LogP contribution in [0.15, 0.2) is 0 Å². The summed E-state index contributed by atoms with van der Waals surface area (Å²) in [6.45, 7) is 13.0. The molecule has 0 spiro atoms. The molecule has 0 saturated heterocycles. The highest BCUT2D eigenvalue weighted by atomic mass is 16.2. The molecule has 0 N–H and O–H groups in total. The molecule has 0 aromatic rings. The first-order chi connectivity index (χ1) is 6.45. The zero-order chi connectivity index (χ0) is 12.4. The normalized spacial score (nSPS) is 14.9. The van der Waals surface area contributed by atoms with Gasteiger partial charge >= 0.3 is 0 Å². The van der Waals surface area contributed by atoms with Crippen LogP contribution in [0.3, 0.4) is 0 Å². The van der Waals surface area contributed by atoms with Gasteiger partial charge in [0, 0.05) is 20.0 Å². The Kier molecular flexibility index (Phi) is 4.38. The second-order valence-corrected chi connectivity index (χ2v) is 6.92. The van der Waals surface area contributed by atoms with E-state index in [-0.39, 0.29) is 22.7 Å². The van der Waals surface area contributed by atoms with E-state index >= 15 is 0 Å². The maximum atomic E-state index is 12.1. The number of hydrogen-bond donors (Lipinski definition) is 0. The van der Waals surface area contributed by atoms with Crippen LogP contribution in [-0.4, -0.2) is 24.9 Å². The monoisotopic (exact) mass is 213 g/mol. The standard InChI is InChI=1S/C13H27NO/c1-12(2,3)9-10(13(4,5)6)11(15)14(7)8/h10H,9H2,1-8H3. The first kappa shape index (κ1) is 14.5. The van der Waals surface area contributed by atoms with Crippen molar-refractivity contribution in [1.29, 1.82) is 0 Å². The van der Waals surface area contributed by atoms with Gasteiger partial charge in [-0.2, -0.15) is 0 Å². The molecule has 0 aliphatic rings. The molecule has 0 saturated carbocycles. The van der Waals surface area contributed by atoms with Crippen molar-refractivity contribution in [3.8, 4) is 0 Å². The van der Waals surface area contributed by atoms with Crippen molar-refractivity contribution in [2.75, 3.05) is 14.1 Å². The Labute approximate surface area is 95.0 Å². The minimum absolute atomic E-state index is 0.0363. The van der Waals surface area contributed by atoms with Gasteiger partial charge in [0.1, 0.15) is 0 Å². The summed E-state index contributed by atoms with van der Waals surface area (Å²) < 4.78 is 0. The average Bonchev–Trinajstić information content (AvgIpc) is 1.94. The fourth-order valence-electron chi connectivity index (χ4n) is 1.69. The smallest absolute Gasteiger partial charge is 0.225 e. The van der Waals surface area contributed by atoms with Gasteiger partial charge in [0.05, 0.1) is 0 Å². The van der Waals surface area contributed by atoms with Crippen LogP contribution >= 0.6 is 0 Å². The van der Waals surface area contributed by atoms with Crippen LogP contribution in [-0.2, 0) is 4.79 Å². The largest absolute Gasteiger partial charge is 0.349 e. The molecule has 0 radical (unpaired) electrons. The summed E-state index contributed by atoms with van der Waals surface area (Å²) in [5.74, 6) is 0.352. The summed E-state index contributed by atoms with van der Waals surface area (Å²) in [7, 11) is 3.67. The van der Waals surface area contributed by atoms with Gasteiger partial charge in [0.2, 0.25) is 5.91 Å². The van der Waals surface area contributed by atoms with Gasteiger partial charge in [-0.3, -0.25) is 4.79 Å². The zero-order valence-corrected chi connectivity index (χ0v) is 11.6. The van der Waals surface area contributed by atoms with Crippen LogP contribution in [0.2, 0.25) is 0 Å². The second-order valence-electron chi connectivity index (χ2n) is 6.92. The molecule has 2 heteroatoms. The van der Waals surface area contributed by atoms with E-state index in [1.54, 1.807) is 4.90 Å². The Bertz CT molecular complexity index is 218. The summed E-state index contributed by atoms with van der Waals surface area (Å²) in [5, 5.41) is 0. The predicted molar refractivity (Wildman–Crippen MR) is 65.7 cm³/mol. The molecule has 0 fully saturated rings. The zero-order valence-electron chi connectivity index (χ0n) is 11.6.